The Hall–Kier alpha value is -2.34. The Morgan fingerprint density at radius 1 is 1.19 bits per heavy atom. The van der Waals surface area contributed by atoms with Crippen LogP contribution in [0.1, 0.15) is 63.0 Å². The van der Waals surface area contributed by atoms with E-state index in [0.29, 0.717) is 30.1 Å². The van der Waals surface area contributed by atoms with Crippen molar-refractivity contribution in [3.8, 4) is 11.5 Å². The summed E-state index contributed by atoms with van der Waals surface area (Å²) < 4.78 is 17.1. The van der Waals surface area contributed by atoms with Crippen LogP contribution in [-0.2, 0) is 26.2 Å². The van der Waals surface area contributed by atoms with Gasteiger partial charge in [-0.3, -0.25) is 9.59 Å². The Bertz CT molecular complexity index is 923. The van der Waals surface area contributed by atoms with Gasteiger partial charge in [0.15, 0.2) is 23.0 Å². The summed E-state index contributed by atoms with van der Waals surface area (Å²) in [5, 5.41) is 0. The quantitative estimate of drug-likeness (QED) is 0.342. The van der Waals surface area contributed by atoms with Crippen LogP contribution in [0.4, 0.5) is 0 Å². The summed E-state index contributed by atoms with van der Waals surface area (Å²) in [5.74, 6) is 1.43. The van der Waals surface area contributed by atoms with Gasteiger partial charge in [-0.15, -0.1) is 0 Å². The summed E-state index contributed by atoms with van der Waals surface area (Å²) in [6, 6.07) is 4.25. The number of nitrogens with zero attached hydrogens (tertiary/aromatic N) is 1. The van der Waals surface area contributed by atoms with E-state index < -0.39 is 5.41 Å². The second kappa shape index (κ2) is 9.26. The Labute approximate surface area is 190 Å². The highest BCUT2D eigenvalue weighted by atomic mass is 16.6. The number of likely N-dealkylation sites (N-methyl/N-ethyl adjacent to an activating group) is 1. The van der Waals surface area contributed by atoms with Crippen LogP contribution in [-0.4, -0.2) is 50.5 Å². The average molecular weight is 442 g/mol. The molecule has 0 N–H and O–H groups in total. The summed E-state index contributed by atoms with van der Waals surface area (Å²) in [5.41, 5.74) is 1.73. The molecule has 3 atom stereocenters. The molecule has 1 fully saturated rings. The van der Waals surface area contributed by atoms with Gasteiger partial charge in [0.25, 0.3) is 0 Å². The predicted molar refractivity (Wildman–Crippen MR) is 122 cm³/mol. The molecule has 0 aromatic heterocycles. The molecule has 6 nitrogen and oxygen atoms in total. The Balaban J connectivity index is 1.77. The van der Waals surface area contributed by atoms with Gasteiger partial charge in [-0.2, -0.15) is 0 Å². The first kappa shape index (κ1) is 22.8. The first-order valence-corrected chi connectivity index (χ1v) is 11.9. The molecular formula is C26H35NO5. The van der Waals surface area contributed by atoms with Crippen LogP contribution in [0.15, 0.2) is 24.0 Å². The van der Waals surface area contributed by atoms with E-state index >= 15 is 0 Å². The fourth-order valence-corrected chi connectivity index (χ4v) is 5.97. The maximum atomic E-state index is 13.0. The summed E-state index contributed by atoms with van der Waals surface area (Å²) in [6.45, 7) is 3.05. The normalized spacial score (nSPS) is 26.6. The largest absolute Gasteiger partial charge is 0.493 e. The Kier molecular flexibility index (Phi) is 6.61. The number of piperidine rings is 1. The highest BCUT2D eigenvalue weighted by Crippen LogP contribution is 2.58. The topological polar surface area (TPSA) is 65.1 Å². The lowest BCUT2D eigenvalue weighted by Crippen LogP contribution is -2.60. The van der Waals surface area contributed by atoms with E-state index in [2.05, 4.69) is 24.9 Å². The number of benzene rings is 1. The minimum atomic E-state index is -0.407. The average Bonchev–Trinajstić information content (AvgIpc) is 2.78. The van der Waals surface area contributed by atoms with E-state index in [-0.39, 0.29) is 23.7 Å². The smallest absolute Gasteiger partial charge is 0.311 e. The Morgan fingerprint density at radius 3 is 2.72 bits per heavy atom. The molecule has 2 aliphatic carbocycles. The van der Waals surface area contributed by atoms with Crippen LogP contribution in [0.25, 0.3) is 0 Å². The second-order valence-electron chi connectivity index (χ2n) is 9.43. The van der Waals surface area contributed by atoms with Crippen LogP contribution in [0.3, 0.4) is 0 Å². The lowest BCUT2D eigenvalue weighted by molar-refractivity contribution is -0.134. The summed E-state index contributed by atoms with van der Waals surface area (Å²) in [4.78, 5) is 28.2. The molecule has 1 heterocycles. The number of likely N-dealkylation sites (tertiary alicyclic amines) is 1. The van der Waals surface area contributed by atoms with Gasteiger partial charge < -0.3 is 19.1 Å². The molecule has 1 aromatic carbocycles. The van der Waals surface area contributed by atoms with Gasteiger partial charge in [0.05, 0.1) is 14.2 Å². The number of fused-ring (bicyclic) bond motifs is 1. The lowest BCUT2D eigenvalue weighted by Gasteiger charge is -2.56. The number of allylic oxidation sites excluding steroid dienone is 1. The van der Waals surface area contributed by atoms with Crippen molar-refractivity contribution < 1.29 is 23.8 Å². The summed E-state index contributed by atoms with van der Waals surface area (Å²) >= 11 is 0. The fraction of sp³-hybridized carbons (Fsp3) is 0.615. The molecule has 0 amide bonds. The number of methoxy groups -OCH3 is 2. The van der Waals surface area contributed by atoms with E-state index in [0.717, 1.165) is 56.2 Å². The van der Waals surface area contributed by atoms with Gasteiger partial charge in [-0.05, 0) is 50.6 Å². The van der Waals surface area contributed by atoms with Crippen LogP contribution < -0.4 is 9.47 Å². The highest BCUT2D eigenvalue weighted by Gasteiger charge is 2.56. The lowest BCUT2D eigenvalue weighted by atomic mass is 9.53. The van der Waals surface area contributed by atoms with Crippen molar-refractivity contribution in [2.24, 2.45) is 5.92 Å². The molecule has 4 rings (SSSR count). The zero-order valence-corrected chi connectivity index (χ0v) is 19.7. The van der Waals surface area contributed by atoms with Crippen molar-refractivity contribution in [2.45, 2.75) is 69.7 Å². The van der Waals surface area contributed by atoms with E-state index in [1.807, 2.05) is 12.1 Å². The van der Waals surface area contributed by atoms with E-state index in [1.54, 1.807) is 14.2 Å². The number of unbranched alkanes of at least 4 members (excludes halogenated alkanes) is 3. The predicted octanol–water partition coefficient (Wildman–Crippen LogP) is 4.19. The molecule has 0 radical (unpaired) electrons. The van der Waals surface area contributed by atoms with Crippen molar-refractivity contribution in [3.05, 3.63) is 35.1 Å². The number of hydrogen-bond acceptors (Lipinski definition) is 6. The third-order valence-electron chi connectivity index (χ3n) is 7.64. The number of Topliss-reactive ketones (excluding diaryl/α,β-unsaturated/α-hetero) is 1. The van der Waals surface area contributed by atoms with Crippen LogP contribution in [0.5, 0.6) is 11.5 Å². The molecule has 1 saturated heterocycles. The highest BCUT2D eigenvalue weighted by molar-refractivity contribution is 5.96. The molecule has 3 aliphatic rings. The van der Waals surface area contributed by atoms with Gasteiger partial charge in [0.2, 0.25) is 0 Å². The third-order valence-corrected chi connectivity index (χ3v) is 7.64. The van der Waals surface area contributed by atoms with Gasteiger partial charge in [-0.1, -0.05) is 32.3 Å². The molecule has 0 unspecified atom stereocenters. The molecule has 1 aliphatic heterocycles. The number of ether oxygens (including phenoxy) is 3. The molecule has 32 heavy (non-hydrogen) atoms. The number of hydrogen-bond donors (Lipinski definition) is 0. The van der Waals surface area contributed by atoms with Gasteiger partial charge >= 0.3 is 5.97 Å². The number of ketones is 1. The van der Waals surface area contributed by atoms with Crippen molar-refractivity contribution >= 4 is 11.8 Å². The van der Waals surface area contributed by atoms with Crippen molar-refractivity contribution in [1.82, 2.24) is 4.90 Å². The van der Waals surface area contributed by atoms with E-state index in [9.17, 15) is 9.59 Å². The first-order chi connectivity index (χ1) is 15.4. The zero-order chi connectivity index (χ0) is 22.9. The monoisotopic (exact) mass is 441 g/mol. The number of esters is 1. The van der Waals surface area contributed by atoms with Crippen molar-refractivity contribution in [2.75, 3.05) is 27.8 Å². The first-order valence-electron chi connectivity index (χ1n) is 11.9. The SMILES string of the molecule is CCCCCCC(=O)Oc1c(OC)ccc2c1[C@@]13CCN(C)[C@@H](C2)[C@H]1C=C(OC)C(=O)C3. The van der Waals surface area contributed by atoms with Crippen LogP contribution in [0, 0.1) is 5.92 Å². The standard InChI is InChI=1S/C26H35NO5/c1-5-6-7-8-9-23(29)32-25-21(30-3)11-10-17-14-19-18-15-22(31-4)20(28)16-26(18,24(17)25)12-13-27(19)2/h10-11,15,18-19H,5-9,12-14,16H2,1-4H3/t18-,19+,26-/m1/s1. The zero-order valence-electron chi connectivity index (χ0n) is 19.7. The van der Waals surface area contributed by atoms with Gasteiger partial charge in [-0.25, -0.2) is 0 Å². The second-order valence-corrected chi connectivity index (χ2v) is 9.43. The molecule has 1 aromatic rings. The molecular weight excluding hydrogens is 406 g/mol. The Morgan fingerprint density at radius 2 is 2.00 bits per heavy atom. The van der Waals surface area contributed by atoms with E-state index in [1.165, 1.54) is 0 Å². The molecule has 174 valence electrons. The maximum Gasteiger partial charge on any atom is 0.311 e. The number of carbonyl (C=O) groups is 2. The van der Waals surface area contributed by atoms with Crippen LogP contribution >= 0.6 is 0 Å². The maximum absolute atomic E-state index is 13.0. The minimum Gasteiger partial charge on any atom is -0.493 e. The fourth-order valence-electron chi connectivity index (χ4n) is 5.97. The van der Waals surface area contributed by atoms with Gasteiger partial charge in [0.1, 0.15) is 0 Å². The molecule has 2 bridgehead atoms. The number of carbonyl (C=O) groups excluding carboxylic acids is 2. The van der Waals surface area contributed by atoms with Crippen LogP contribution in [0.2, 0.25) is 0 Å². The van der Waals surface area contributed by atoms with Gasteiger partial charge in [0, 0.05) is 35.8 Å². The third kappa shape index (κ3) is 3.83. The molecule has 0 saturated carbocycles. The summed E-state index contributed by atoms with van der Waals surface area (Å²) in [7, 11) is 5.31. The molecule has 6 heteroatoms. The minimum absolute atomic E-state index is 0.0135. The number of rotatable bonds is 8. The van der Waals surface area contributed by atoms with E-state index in [4.69, 9.17) is 14.2 Å². The molecule has 0 spiro atoms. The summed E-state index contributed by atoms with van der Waals surface area (Å²) in [6.07, 6.45) is 8.52. The van der Waals surface area contributed by atoms with Crippen molar-refractivity contribution in [1.29, 1.82) is 0 Å². The van der Waals surface area contributed by atoms with Crippen molar-refractivity contribution in [3.63, 3.8) is 0 Å².